The van der Waals surface area contributed by atoms with Gasteiger partial charge in [-0.3, -0.25) is 0 Å². The SMILES string of the molecule is CO[Si](CS)(CCl)CCl. The largest absolute Gasteiger partial charge is 0.417 e. The number of halogens is 2. The normalized spacial score (nSPS) is 12.0. The summed E-state index contributed by atoms with van der Waals surface area (Å²) in [4.78, 5) is 0. The fourth-order valence-electron chi connectivity index (χ4n) is 0.294. The molecule has 0 aliphatic rings. The van der Waals surface area contributed by atoms with E-state index < -0.39 is 8.32 Å². The molecule has 5 heteroatoms. The molecule has 0 saturated carbocycles. The predicted molar refractivity (Wildman–Crippen MR) is 48.1 cm³/mol. The topological polar surface area (TPSA) is 9.23 Å². The van der Waals surface area contributed by atoms with Crippen molar-refractivity contribution >= 4 is 44.1 Å². The molecule has 0 atom stereocenters. The van der Waals surface area contributed by atoms with Crippen LogP contribution >= 0.6 is 35.8 Å². The van der Waals surface area contributed by atoms with E-state index in [-0.39, 0.29) is 0 Å². The number of thiol groups is 1. The highest BCUT2D eigenvalue weighted by molar-refractivity contribution is 7.82. The monoisotopic (exact) mass is 204 g/mol. The van der Waals surface area contributed by atoms with Crippen molar-refractivity contribution in [2.24, 2.45) is 0 Å². The molecule has 0 rings (SSSR count). The third kappa shape index (κ3) is 2.68. The smallest absolute Gasteiger partial charge is 0.230 e. The second-order valence-corrected chi connectivity index (χ2v) is 7.99. The van der Waals surface area contributed by atoms with Gasteiger partial charge in [-0.25, -0.2) is 0 Å². The van der Waals surface area contributed by atoms with Crippen molar-refractivity contribution in [3.05, 3.63) is 0 Å². The van der Waals surface area contributed by atoms with Gasteiger partial charge in [-0.2, -0.15) is 12.6 Å². The van der Waals surface area contributed by atoms with Crippen LogP contribution in [0.2, 0.25) is 0 Å². The highest BCUT2D eigenvalue weighted by Gasteiger charge is 2.30. The van der Waals surface area contributed by atoms with E-state index in [1.54, 1.807) is 7.11 Å². The van der Waals surface area contributed by atoms with Crippen molar-refractivity contribution in [2.75, 3.05) is 23.5 Å². The van der Waals surface area contributed by atoms with E-state index in [0.29, 0.717) is 16.4 Å². The Hall–Kier alpha value is 1.11. The van der Waals surface area contributed by atoms with Crippen LogP contribution in [0.4, 0.5) is 0 Å². The molecule has 0 unspecified atom stereocenters. The molecule has 0 saturated heterocycles. The Morgan fingerprint density at radius 1 is 1.44 bits per heavy atom. The maximum atomic E-state index is 5.63. The van der Waals surface area contributed by atoms with Crippen molar-refractivity contribution in [1.29, 1.82) is 0 Å². The molecule has 0 aromatic carbocycles. The number of hydrogen-bond donors (Lipinski definition) is 1. The lowest BCUT2D eigenvalue weighted by Crippen LogP contribution is -2.45. The van der Waals surface area contributed by atoms with Crippen LogP contribution in [-0.2, 0) is 4.43 Å². The summed E-state index contributed by atoms with van der Waals surface area (Å²) in [6.07, 6.45) is 0. The van der Waals surface area contributed by atoms with Gasteiger partial charge in [0.05, 0.1) is 0 Å². The summed E-state index contributed by atoms with van der Waals surface area (Å²) in [5.74, 6) is 0. The molecule has 0 amide bonds. The maximum Gasteiger partial charge on any atom is 0.230 e. The second kappa shape index (κ2) is 4.85. The molecule has 0 N–H and O–H groups in total. The van der Waals surface area contributed by atoms with Gasteiger partial charge < -0.3 is 4.43 Å². The summed E-state index contributed by atoms with van der Waals surface area (Å²) < 4.78 is 5.18. The van der Waals surface area contributed by atoms with Crippen molar-refractivity contribution in [3.63, 3.8) is 0 Å². The Bertz CT molecular complexity index is 61.5. The van der Waals surface area contributed by atoms with Crippen LogP contribution < -0.4 is 0 Å². The van der Waals surface area contributed by atoms with Gasteiger partial charge in [0.1, 0.15) is 0 Å². The molecule has 0 aliphatic carbocycles. The van der Waals surface area contributed by atoms with Crippen molar-refractivity contribution in [3.8, 4) is 0 Å². The molecule has 0 aromatic heterocycles. The summed E-state index contributed by atoms with van der Waals surface area (Å²) in [6, 6.07) is 0. The van der Waals surface area contributed by atoms with Crippen LogP contribution in [-0.4, -0.2) is 31.8 Å². The molecule has 0 spiro atoms. The predicted octanol–water partition coefficient (Wildman–Crippen LogP) is 1.60. The van der Waals surface area contributed by atoms with E-state index in [1.807, 2.05) is 0 Å². The van der Waals surface area contributed by atoms with E-state index in [9.17, 15) is 0 Å². The average Bonchev–Trinajstić information content (AvgIpc) is 1.95. The van der Waals surface area contributed by atoms with Crippen LogP contribution in [0.5, 0.6) is 0 Å². The van der Waals surface area contributed by atoms with Crippen LogP contribution in [0, 0.1) is 0 Å². The van der Waals surface area contributed by atoms with E-state index in [0.717, 1.165) is 0 Å². The minimum absolute atomic E-state index is 0.524. The first-order chi connectivity index (χ1) is 4.24. The van der Waals surface area contributed by atoms with Crippen molar-refractivity contribution < 1.29 is 4.43 Å². The summed E-state index contributed by atoms with van der Waals surface area (Å²) in [7, 11) is -0.150. The molecular weight excluding hydrogens is 195 g/mol. The molecule has 0 fully saturated rings. The third-order valence-corrected chi connectivity index (χ3v) is 8.28. The zero-order chi connectivity index (χ0) is 7.33. The van der Waals surface area contributed by atoms with Crippen molar-refractivity contribution in [1.82, 2.24) is 0 Å². The van der Waals surface area contributed by atoms with Crippen LogP contribution in [0.1, 0.15) is 0 Å². The standard InChI is InChI=1S/C4H10Cl2OSSi/c1-7-9(2-5,3-6)4-8/h8H,2-4H2,1H3. The summed E-state index contributed by atoms with van der Waals surface area (Å²) in [5.41, 5.74) is 1.05. The van der Waals surface area contributed by atoms with Crippen LogP contribution in [0.15, 0.2) is 0 Å². The Morgan fingerprint density at radius 2 is 1.89 bits per heavy atom. The Balaban J connectivity index is 3.82. The van der Waals surface area contributed by atoms with Gasteiger partial charge in [0.2, 0.25) is 8.32 Å². The van der Waals surface area contributed by atoms with Crippen LogP contribution in [0.3, 0.4) is 0 Å². The summed E-state index contributed by atoms with van der Waals surface area (Å²) >= 11 is 15.4. The van der Waals surface area contributed by atoms with Gasteiger partial charge in [0, 0.05) is 23.5 Å². The molecule has 0 heterocycles. The molecular formula is C4H10Cl2OSSi. The van der Waals surface area contributed by atoms with Crippen molar-refractivity contribution in [2.45, 2.75) is 0 Å². The lowest BCUT2D eigenvalue weighted by Gasteiger charge is -2.21. The number of rotatable bonds is 4. The van der Waals surface area contributed by atoms with E-state index in [2.05, 4.69) is 12.6 Å². The van der Waals surface area contributed by atoms with Crippen LogP contribution in [0.25, 0.3) is 0 Å². The highest BCUT2D eigenvalue weighted by Crippen LogP contribution is 2.10. The Labute approximate surface area is 72.2 Å². The fraction of sp³-hybridized carbons (Fsp3) is 1.00. The quantitative estimate of drug-likeness (QED) is 0.416. The molecule has 9 heavy (non-hydrogen) atoms. The van der Waals surface area contributed by atoms with Gasteiger partial charge in [-0.05, 0) is 0 Å². The summed E-state index contributed by atoms with van der Waals surface area (Å²) in [5, 5.41) is 0.691. The second-order valence-electron chi connectivity index (χ2n) is 1.81. The number of alkyl halides is 2. The first-order valence-electron chi connectivity index (χ1n) is 2.52. The maximum absolute atomic E-state index is 5.63. The molecule has 0 aromatic rings. The lowest BCUT2D eigenvalue weighted by atomic mass is 11.8. The summed E-state index contributed by atoms with van der Waals surface area (Å²) in [6.45, 7) is 0. The molecule has 0 radical (unpaired) electrons. The lowest BCUT2D eigenvalue weighted by molar-refractivity contribution is 0.407. The molecule has 1 nitrogen and oxygen atoms in total. The zero-order valence-electron chi connectivity index (χ0n) is 5.23. The van der Waals surface area contributed by atoms with Gasteiger partial charge >= 0.3 is 0 Å². The number of hydrogen-bond acceptors (Lipinski definition) is 2. The minimum atomic E-state index is -1.80. The highest BCUT2D eigenvalue weighted by atomic mass is 35.5. The Morgan fingerprint density at radius 3 is 1.89 bits per heavy atom. The molecule has 56 valence electrons. The Kier molecular flexibility index (Phi) is 5.45. The molecule has 0 bridgehead atoms. The van der Waals surface area contributed by atoms with E-state index in [1.165, 1.54) is 0 Å². The van der Waals surface area contributed by atoms with E-state index in [4.69, 9.17) is 27.6 Å². The third-order valence-electron chi connectivity index (χ3n) is 1.21. The fourth-order valence-corrected chi connectivity index (χ4v) is 4.81. The zero-order valence-corrected chi connectivity index (χ0v) is 8.64. The van der Waals surface area contributed by atoms with Gasteiger partial charge in [-0.1, -0.05) is 0 Å². The first kappa shape index (κ1) is 10.1. The van der Waals surface area contributed by atoms with Gasteiger partial charge in [0.25, 0.3) is 0 Å². The molecule has 0 aliphatic heterocycles. The van der Waals surface area contributed by atoms with Gasteiger partial charge in [-0.15, -0.1) is 23.2 Å². The minimum Gasteiger partial charge on any atom is -0.417 e. The first-order valence-corrected chi connectivity index (χ1v) is 6.75. The average molecular weight is 205 g/mol. The van der Waals surface area contributed by atoms with Gasteiger partial charge in [0.15, 0.2) is 0 Å². The van der Waals surface area contributed by atoms with E-state index >= 15 is 0 Å².